The highest BCUT2D eigenvalue weighted by Crippen LogP contribution is 2.21. The van der Waals surface area contributed by atoms with E-state index in [9.17, 15) is 5.11 Å². The summed E-state index contributed by atoms with van der Waals surface area (Å²) in [6, 6.07) is 0. The Balaban J connectivity index is 2.39. The second kappa shape index (κ2) is 4.94. The van der Waals surface area contributed by atoms with Crippen molar-refractivity contribution in [2.24, 2.45) is 0 Å². The summed E-state index contributed by atoms with van der Waals surface area (Å²) in [4.78, 5) is 2.37. The lowest BCUT2D eigenvalue weighted by Gasteiger charge is -2.24. The Kier molecular flexibility index (Phi) is 4.16. The second-order valence-electron chi connectivity index (χ2n) is 4.08. The van der Waals surface area contributed by atoms with Gasteiger partial charge in [0.05, 0.1) is 12.2 Å². The Morgan fingerprint density at radius 2 is 2.08 bits per heavy atom. The van der Waals surface area contributed by atoms with E-state index in [1.54, 1.807) is 0 Å². The van der Waals surface area contributed by atoms with E-state index < -0.39 is 5.60 Å². The number of rotatable bonds is 3. The Morgan fingerprint density at radius 1 is 1.31 bits per heavy atom. The molecule has 1 atom stereocenters. The minimum Gasteiger partial charge on any atom is -0.393 e. The monoisotopic (exact) mass is 187 g/mol. The van der Waals surface area contributed by atoms with E-state index in [0.717, 1.165) is 38.9 Å². The first-order chi connectivity index (χ1) is 6.20. The molecule has 0 aromatic carbocycles. The predicted molar refractivity (Wildman–Crippen MR) is 52.6 cm³/mol. The summed E-state index contributed by atoms with van der Waals surface area (Å²) >= 11 is 0. The lowest BCUT2D eigenvalue weighted by atomic mass is 9.96. The molecule has 1 aliphatic heterocycles. The van der Waals surface area contributed by atoms with Crippen LogP contribution in [-0.2, 0) is 0 Å². The lowest BCUT2D eigenvalue weighted by Crippen LogP contribution is -2.34. The van der Waals surface area contributed by atoms with E-state index in [-0.39, 0.29) is 6.61 Å². The maximum absolute atomic E-state index is 9.87. The molecule has 0 saturated carbocycles. The fourth-order valence-corrected chi connectivity index (χ4v) is 1.93. The van der Waals surface area contributed by atoms with Gasteiger partial charge in [-0.2, -0.15) is 0 Å². The van der Waals surface area contributed by atoms with Crippen LogP contribution in [0.25, 0.3) is 0 Å². The molecule has 13 heavy (non-hydrogen) atoms. The molecular weight excluding hydrogens is 166 g/mol. The van der Waals surface area contributed by atoms with Crippen molar-refractivity contribution in [3.63, 3.8) is 0 Å². The van der Waals surface area contributed by atoms with E-state index in [1.165, 1.54) is 0 Å². The maximum atomic E-state index is 9.87. The second-order valence-corrected chi connectivity index (χ2v) is 4.08. The van der Waals surface area contributed by atoms with Crippen molar-refractivity contribution in [2.75, 3.05) is 26.2 Å². The molecule has 1 fully saturated rings. The number of aliphatic hydroxyl groups excluding tert-OH is 1. The van der Waals surface area contributed by atoms with Gasteiger partial charge in [0.15, 0.2) is 0 Å². The molecule has 3 nitrogen and oxygen atoms in total. The minimum atomic E-state index is -0.803. The molecule has 1 heterocycles. The lowest BCUT2D eigenvalue weighted by molar-refractivity contribution is -0.0254. The van der Waals surface area contributed by atoms with Crippen LogP contribution in [0.1, 0.15) is 32.6 Å². The van der Waals surface area contributed by atoms with Crippen LogP contribution in [-0.4, -0.2) is 47.0 Å². The number of hydrogen-bond acceptors (Lipinski definition) is 3. The van der Waals surface area contributed by atoms with Crippen molar-refractivity contribution in [2.45, 2.75) is 38.2 Å². The maximum Gasteiger partial charge on any atom is 0.0890 e. The molecule has 0 aliphatic carbocycles. The number of aliphatic hydroxyl groups is 2. The molecule has 0 aromatic heterocycles. The number of nitrogens with zero attached hydrogens (tertiary/aromatic N) is 1. The molecule has 0 aromatic rings. The fraction of sp³-hybridized carbons (Fsp3) is 1.00. The largest absolute Gasteiger partial charge is 0.393 e. The highest BCUT2D eigenvalue weighted by molar-refractivity contribution is 4.82. The van der Waals surface area contributed by atoms with Gasteiger partial charge in [-0.3, -0.25) is 0 Å². The van der Waals surface area contributed by atoms with Crippen molar-refractivity contribution in [3.05, 3.63) is 0 Å². The summed E-state index contributed by atoms with van der Waals surface area (Å²) in [5.41, 5.74) is -0.803. The SMILES string of the molecule is CCCN1CCCC(O)(CO)CC1. The molecule has 1 saturated heterocycles. The smallest absolute Gasteiger partial charge is 0.0890 e. The summed E-state index contributed by atoms with van der Waals surface area (Å²) in [7, 11) is 0. The number of likely N-dealkylation sites (tertiary alicyclic amines) is 1. The minimum absolute atomic E-state index is 0.0903. The molecule has 3 heteroatoms. The Labute approximate surface area is 80.4 Å². The van der Waals surface area contributed by atoms with Gasteiger partial charge in [-0.25, -0.2) is 0 Å². The van der Waals surface area contributed by atoms with Crippen LogP contribution in [0.5, 0.6) is 0 Å². The van der Waals surface area contributed by atoms with Crippen LogP contribution < -0.4 is 0 Å². The van der Waals surface area contributed by atoms with Crippen LogP contribution >= 0.6 is 0 Å². The van der Waals surface area contributed by atoms with Gasteiger partial charge in [-0.1, -0.05) is 6.92 Å². The van der Waals surface area contributed by atoms with Crippen molar-refractivity contribution in [1.29, 1.82) is 0 Å². The van der Waals surface area contributed by atoms with Crippen LogP contribution in [0.4, 0.5) is 0 Å². The van der Waals surface area contributed by atoms with Gasteiger partial charge in [-0.05, 0) is 38.8 Å². The predicted octanol–water partition coefficient (Wildman–Crippen LogP) is 0.606. The molecule has 2 N–H and O–H groups in total. The summed E-state index contributed by atoms with van der Waals surface area (Å²) in [5, 5.41) is 18.9. The van der Waals surface area contributed by atoms with Gasteiger partial charge >= 0.3 is 0 Å². The molecule has 0 spiro atoms. The van der Waals surface area contributed by atoms with Crippen LogP contribution in [0.15, 0.2) is 0 Å². The zero-order valence-corrected chi connectivity index (χ0v) is 8.50. The molecular formula is C10H21NO2. The topological polar surface area (TPSA) is 43.7 Å². The highest BCUT2D eigenvalue weighted by Gasteiger charge is 2.28. The van der Waals surface area contributed by atoms with Crippen molar-refractivity contribution in [3.8, 4) is 0 Å². The fourth-order valence-electron chi connectivity index (χ4n) is 1.93. The Bertz CT molecular complexity index is 152. The third-order valence-corrected chi connectivity index (χ3v) is 2.84. The molecule has 0 radical (unpaired) electrons. The van der Waals surface area contributed by atoms with Crippen molar-refractivity contribution in [1.82, 2.24) is 4.90 Å². The van der Waals surface area contributed by atoms with E-state index in [2.05, 4.69) is 11.8 Å². The standard InChI is InChI=1S/C10H21NO2/c1-2-6-11-7-3-4-10(13,9-12)5-8-11/h12-13H,2-9H2,1H3. The van der Waals surface area contributed by atoms with Gasteiger partial charge in [0.25, 0.3) is 0 Å². The van der Waals surface area contributed by atoms with E-state index in [0.29, 0.717) is 6.42 Å². The van der Waals surface area contributed by atoms with Gasteiger partial charge in [0, 0.05) is 6.54 Å². The zero-order valence-electron chi connectivity index (χ0n) is 8.50. The van der Waals surface area contributed by atoms with Gasteiger partial charge in [-0.15, -0.1) is 0 Å². The summed E-state index contributed by atoms with van der Waals surface area (Å²) in [6.45, 7) is 5.18. The quantitative estimate of drug-likeness (QED) is 0.680. The van der Waals surface area contributed by atoms with Gasteiger partial charge in [0.1, 0.15) is 0 Å². The average molecular weight is 187 g/mol. The molecule has 1 rings (SSSR count). The van der Waals surface area contributed by atoms with Crippen LogP contribution in [0.3, 0.4) is 0 Å². The Hall–Kier alpha value is -0.120. The summed E-state index contributed by atoms with van der Waals surface area (Å²) in [6.07, 6.45) is 3.61. The average Bonchev–Trinajstić information content (AvgIpc) is 2.31. The van der Waals surface area contributed by atoms with E-state index >= 15 is 0 Å². The van der Waals surface area contributed by atoms with Crippen LogP contribution in [0, 0.1) is 0 Å². The first kappa shape index (κ1) is 11.0. The summed E-state index contributed by atoms with van der Waals surface area (Å²) < 4.78 is 0. The van der Waals surface area contributed by atoms with Gasteiger partial charge < -0.3 is 15.1 Å². The first-order valence-electron chi connectivity index (χ1n) is 5.26. The normalized spacial score (nSPS) is 31.6. The highest BCUT2D eigenvalue weighted by atomic mass is 16.3. The van der Waals surface area contributed by atoms with Crippen molar-refractivity contribution >= 4 is 0 Å². The number of hydrogen-bond donors (Lipinski definition) is 2. The van der Waals surface area contributed by atoms with E-state index in [4.69, 9.17) is 5.11 Å². The molecule has 78 valence electrons. The van der Waals surface area contributed by atoms with Crippen molar-refractivity contribution < 1.29 is 10.2 Å². The Morgan fingerprint density at radius 3 is 2.69 bits per heavy atom. The zero-order chi connectivity index (χ0) is 9.73. The molecule has 1 unspecified atom stereocenters. The van der Waals surface area contributed by atoms with Crippen LogP contribution in [0.2, 0.25) is 0 Å². The first-order valence-corrected chi connectivity index (χ1v) is 5.26. The van der Waals surface area contributed by atoms with E-state index in [1.807, 2.05) is 0 Å². The third kappa shape index (κ3) is 3.25. The molecule has 1 aliphatic rings. The van der Waals surface area contributed by atoms with Gasteiger partial charge in [0.2, 0.25) is 0 Å². The molecule has 0 amide bonds. The molecule has 0 bridgehead atoms. The summed E-state index contributed by atoms with van der Waals surface area (Å²) in [5.74, 6) is 0. The third-order valence-electron chi connectivity index (χ3n) is 2.84.